The minimum absolute atomic E-state index is 0.136. The summed E-state index contributed by atoms with van der Waals surface area (Å²) in [5.41, 5.74) is 3.99. The zero-order valence-electron chi connectivity index (χ0n) is 11.4. The van der Waals surface area contributed by atoms with Gasteiger partial charge in [-0.3, -0.25) is 0 Å². The number of sulfonamides is 1. The summed E-state index contributed by atoms with van der Waals surface area (Å²) >= 11 is 0. The summed E-state index contributed by atoms with van der Waals surface area (Å²) in [6.45, 7) is 1.85. The zero-order valence-corrected chi connectivity index (χ0v) is 12.3. The number of hydrogen-bond acceptors (Lipinski definition) is 3. The summed E-state index contributed by atoms with van der Waals surface area (Å²) in [7, 11) is -3.89. The van der Waals surface area contributed by atoms with Crippen molar-refractivity contribution in [2.24, 2.45) is 11.7 Å². The van der Waals surface area contributed by atoms with E-state index in [1.807, 2.05) is 0 Å². The van der Waals surface area contributed by atoms with Gasteiger partial charge in [0.2, 0.25) is 10.0 Å². The molecular formula is C13H17F3N2O2S. The first kappa shape index (κ1) is 16.3. The normalized spacial score (nSPS) is 19.3. The quantitative estimate of drug-likeness (QED) is 0.872. The molecule has 1 aliphatic carbocycles. The van der Waals surface area contributed by atoms with Crippen molar-refractivity contribution in [1.82, 2.24) is 4.72 Å². The lowest BCUT2D eigenvalue weighted by molar-refractivity contribution is -0.137. The van der Waals surface area contributed by atoms with Crippen molar-refractivity contribution < 1.29 is 21.6 Å². The van der Waals surface area contributed by atoms with Crippen LogP contribution in [-0.2, 0) is 16.2 Å². The van der Waals surface area contributed by atoms with Crippen LogP contribution in [0, 0.1) is 5.92 Å². The van der Waals surface area contributed by atoms with Crippen molar-refractivity contribution in [2.45, 2.75) is 36.4 Å². The lowest BCUT2D eigenvalue weighted by atomic mass is 9.98. The second kappa shape index (κ2) is 5.26. The van der Waals surface area contributed by atoms with E-state index in [9.17, 15) is 21.6 Å². The molecule has 1 aromatic rings. The van der Waals surface area contributed by atoms with Gasteiger partial charge in [-0.25, -0.2) is 13.1 Å². The highest BCUT2D eigenvalue weighted by Gasteiger charge is 2.43. The molecule has 118 valence electrons. The Labute approximate surface area is 121 Å². The van der Waals surface area contributed by atoms with Crippen molar-refractivity contribution in [3.05, 3.63) is 29.8 Å². The molecule has 0 spiro atoms. The number of nitrogens with two attached hydrogens (primary N) is 1. The molecule has 21 heavy (non-hydrogen) atoms. The fourth-order valence-electron chi connectivity index (χ4n) is 2.20. The molecule has 4 nitrogen and oxygen atoms in total. The predicted molar refractivity (Wildman–Crippen MR) is 71.9 cm³/mol. The van der Waals surface area contributed by atoms with Crippen LogP contribution in [0.4, 0.5) is 13.2 Å². The van der Waals surface area contributed by atoms with Gasteiger partial charge in [0.15, 0.2) is 0 Å². The molecule has 0 bridgehead atoms. The third kappa shape index (κ3) is 3.56. The summed E-state index contributed by atoms with van der Waals surface area (Å²) in [4.78, 5) is -0.198. The number of rotatable bonds is 5. The smallest absolute Gasteiger partial charge is 0.329 e. The van der Waals surface area contributed by atoms with E-state index in [0.29, 0.717) is 0 Å². The molecule has 1 unspecified atom stereocenters. The lowest BCUT2D eigenvalue weighted by Crippen LogP contribution is -2.52. The van der Waals surface area contributed by atoms with Crippen LogP contribution in [0.2, 0.25) is 0 Å². The first-order chi connectivity index (χ1) is 9.58. The summed E-state index contributed by atoms with van der Waals surface area (Å²) in [6, 6.07) is 3.42. The average Bonchev–Trinajstić information content (AvgIpc) is 3.22. The third-order valence-electron chi connectivity index (χ3n) is 3.76. The number of benzene rings is 1. The van der Waals surface area contributed by atoms with Gasteiger partial charge in [0.25, 0.3) is 0 Å². The van der Waals surface area contributed by atoms with Crippen LogP contribution in [-0.4, -0.2) is 20.5 Å². The van der Waals surface area contributed by atoms with Gasteiger partial charge in [-0.05, 0) is 49.9 Å². The highest BCUT2D eigenvalue weighted by atomic mass is 32.2. The van der Waals surface area contributed by atoms with Gasteiger partial charge in [-0.1, -0.05) is 0 Å². The van der Waals surface area contributed by atoms with Crippen LogP contribution in [0.1, 0.15) is 25.3 Å². The van der Waals surface area contributed by atoms with E-state index < -0.39 is 27.3 Å². The van der Waals surface area contributed by atoms with E-state index in [1.54, 1.807) is 6.92 Å². The van der Waals surface area contributed by atoms with Gasteiger partial charge < -0.3 is 5.73 Å². The maximum absolute atomic E-state index is 12.5. The fourth-order valence-corrected chi connectivity index (χ4v) is 3.68. The van der Waals surface area contributed by atoms with E-state index in [1.165, 1.54) is 0 Å². The minimum Gasteiger partial charge on any atom is -0.329 e. The van der Waals surface area contributed by atoms with Crippen LogP contribution in [0.25, 0.3) is 0 Å². The number of alkyl halides is 3. The first-order valence-corrected chi connectivity index (χ1v) is 7.98. The Kier molecular flexibility index (Phi) is 4.07. The van der Waals surface area contributed by atoms with E-state index in [2.05, 4.69) is 4.72 Å². The van der Waals surface area contributed by atoms with Gasteiger partial charge in [-0.15, -0.1) is 0 Å². The van der Waals surface area contributed by atoms with E-state index >= 15 is 0 Å². The Morgan fingerprint density at radius 2 is 1.76 bits per heavy atom. The van der Waals surface area contributed by atoms with E-state index in [-0.39, 0.29) is 17.4 Å². The summed E-state index contributed by atoms with van der Waals surface area (Å²) in [6.07, 6.45) is -2.71. The first-order valence-electron chi connectivity index (χ1n) is 6.50. The van der Waals surface area contributed by atoms with Gasteiger partial charge in [0.05, 0.1) is 10.5 Å². The second-order valence-corrected chi connectivity index (χ2v) is 7.21. The molecule has 2 rings (SSSR count). The van der Waals surface area contributed by atoms with Crippen molar-refractivity contribution in [3.63, 3.8) is 0 Å². The molecule has 8 heteroatoms. The third-order valence-corrected chi connectivity index (χ3v) is 5.39. The van der Waals surface area contributed by atoms with Crippen LogP contribution in [0.5, 0.6) is 0 Å². The number of hydrogen-bond donors (Lipinski definition) is 2. The molecule has 0 saturated heterocycles. The van der Waals surface area contributed by atoms with E-state index in [4.69, 9.17) is 5.73 Å². The molecule has 0 radical (unpaired) electrons. The molecule has 1 saturated carbocycles. The van der Waals surface area contributed by atoms with Crippen LogP contribution < -0.4 is 10.5 Å². The van der Waals surface area contributed by atoms with Crippen LogP contribution >= 0.6 is 0 Å². The maximum Gasteiger partial charge on any atom is 0.416 e. The largest absolute Gasteiger partial charge is 0.416 e. The lowest BCUT2D eigenvalue weighted by Gasteiger charge is -2.29. The van der Waals surface area contributed by atoms with Crippen molar-refractivity contribution in [3.8, 4) is 0 Å². The predicted octanol–water partition coefficient (Wildman–Crippen LogP) is 2.11. The topological polar surface area (TPSA) is 72.2 Å². The molecule has 1 atom stereocenters. The van der Waals surface area contributed by atoms with Gasteiger partial charge in [0.1, 0.15) is 0 Å². The maximum atomic E-state index is 12.5. The molecule has 1 aliphatic rings. The average molecular weight is 322 g/mol. The molecule has 1 aromatic carbocycles. The Bertz CT molecular complexity index is 609. The molecular weight excluding hydrogens is 305 g/mol. The fraction of sp³-hybridized carbons (Fsp3) is 0.538. The van der Waals surface area contributed by atoms with Gasteiger partial charge >= 0.3 is 6.18 Å². The minimum atomic E-state index is -4.49. The highest BCUT2D eigenvalue weighted by molar-refractivity contribution is 7.89. The number of nitrogens with one attached hydrogen (secondary N) is 1. The van der Waals surface area contributed by atoms with Gasteiger partial charge in [0, 0.05) is 12.1 Å². The van der Waals surface area contributed by atoms with Crippen molar-refractivity contribution in [2.75, 3.05) is 6.54 Å². The summed E-state index contributed by atoms with van der Waals surface area (Å²) in [5, 5.41) is 0. The molecule has 1 fully saturated rings. The molecule has 3 N–H and O–H groups in total. The zero-order chi connectivity index (χ0) is 15.9. The van der Waals surface area contributed by atoms with Crippen molar-refractivity contribution in [1.29, 1.82) is 0 Å². The molecule has 0 heterocycles. The van der Waals surface area contributed by atoms with Crippen LogP contribution in [0.3, 0.4) is 0 Å². The Morgan fingerprint density at radius 3 is 2.14 bits per heavy atom. The Hall–Kier alpha value is -1.12. The standard InChI is InChI=1S/C13H17F3N2O2S/c1-12(8-17,9-2-3-9)18-21(19,20)11-6-4-10(5-7-11)13(14,15)16/h4-7,9,18H,2-3,8,17H2,1H3. The highest BCUT2D eigenvalue weighted by Crippen LogP contribution is 2.39. The van der Waals surface area contributed by atoms with Gasteiger partial charge in [-0.2, -0.15) is 13.2 Å². The van der Waals surface area contributed by atoms with E-state index in [0.717, 1.165) is 37.1 Å². The summed E-state index contributed by atoms with van der Waals surface area (Å²) < 4.78 is 64.4. The monoisotopic (exact) mass is 322 g/mol. The molecule has 0 amide bonds. The number of halogens is 3. The Morgan fingerprint density at radius 1 is 1.24 bits per heavy atom. The van der Waals surface area contributed by atoms with Crippen LogP contribution in [0.15, 0.2) is 29.2 Å². The second-order valence-electron chi connectivity index (χ2n) is 5.52. The SMILES string of the molecule is CC(CN)(NS(=O)(=O)c1ccc(C(F)(F)F)cc1)C1CC1. The molecule has 0 aromatic heterocycles. The summed E-state index contributed by atoms with van der Waals surface area (Å²) in [5.74, 6) is 0.173. The molecule has 0 aliphatic heterocycles. The van der Waals surface area contributed by atoms with Crippen molar-refractivity contribution >= 4 is 10.0 Å². The Balaban J connectivity index is 2.23.